The fraction of sp³-hybridized carbons (Fsp3) is 0.500. The molecule has 0 heterocycles. The Hall–Kier alpha value is -1.92. The highest BCUT2D eigenvalue weighted by molar-refractivity contribution is 6.60. The zero-order valence-corrected chi connectivity index (χ0v) is 21.6. The van der Waals surface area contributed by atoms with Gasteiger partial charge >= 0.3 is 8.80 Å². The van der Waals surface area contributed by atoms with E-state index >= 15 is 0 Å². The van der Waals surface area contributed by atoms with Gasteiger partial charge in [0.15, 0.2) is 0 Å². The first-order valence-corrected chi connectivity index (χ1v) is 14.6. The van der Waals surface area contributed by atoms with Crippen LogP contribution in [0.3, 0.4) is 0 Å². The Bertz CT molecular complexity index is 848. The number of aryl methyl sites for hydroxylation is 1. The number of rotatable bonds is 14. The summed E-state index contributed by atoms with van der Waals surface area (Å²) in [6, 6.07) is 18.2. The van der Waals surface area contributed by atoms with Crippen LogP contribution in [0.25, 0.3) is 11.6 Å². The van der Waals surface area contributed by atoms with Crippen molar-refractivity contribution >= 4 is 20.5 Å². The third kappa shape index (κ3) is 7.82. The summed E-state index contributed by atoms with van der Waals surface area (Å²) in [5.41, 5.74) is 5.45. The average molecular weight is 469 g/mol. The molecule has 0 amide bonds. The fourth-order valence-corrected chi connectivity index (χ4v) is 7.13. The van der Waals surface area contributed by atoms with E-state index in [2.05, 4.69) is 54.6 Å². The quantitative estimate of drug-likeness (QED) is 0.218. The average Bonchev–Trinajstić information content (AvgIpc) is 3.04. The molecule has 2 aromatic carbocycles. The van der Waals surface area contributed by atoms with Crippen LogP contribution in [0, 0.1) is 0 Å². The second-order valence-electron chi connectivity index (χ2n) is 8.39. The summed E-state index contributed by atoms with van der Waals surface area (Å²) in [5.74, 6) is 0.959. The van der Waals surface area contributed by atoms with Gasteiger partial charge in [-0.1, -0.05) is 48.9 Å². The Kier molecular flexibility index (Phi) is 10.7. The van der Waals surface area contributed by atoms with Crippen molar-refractivity contribution in [3.63, 3.8) is 0 Å². The lowest BCUT2D eigenvalue weighted by Gasteiger charge is -2.28. The van der Waals surface area contributed by atoms with Crippen molar-refractivity contribution in [2.45, 2.75) is 65.3 Å². The summed E-state index contributed by atoms with van der Waals surface area (Å²) in [6.07, 6.45) is 8.89. The van der Waals surface area contributed by atoms with Crippen LogP contribution in [0.5, 0.6) is 5.75 Å². The third-order valence-corrected chi connectivity index (χ3v) is 9.12. The topological polar surface area (TPSA) is 36.9 Å². The van der Waals surface area contributed by atoms with E-state index in [0.717, 1.165) is 50.5 Å². The minimum absolute atomic E-state index is 0.633. The molecule has 0 N–H and O–H groups in total. The molecule has 1 aliphatic carbocycles. The van der Waals surface area contributed by atoms with Crippen molar-refractivity contribution in [1.29, 1.82) is 0 Å². The van der Waals surface area contributed by atoms with Crippen molar-refractivity contribution < 1.29 is 18.0 Å². The van der Waals surface area contributed by atoms with Crippen molar-refractivity contribution in [3.05, 3.63) is 65.2 Å². The van der Waals surface area contributed by atoms with Gasteiger partial charge < -0.3 is 18.0 Å². The van der Waals surface area contributed by atoms with Crippen LogP contribution in [0.2, 0.25) is 6.04 Å². The predicted octanol–water partition coefficient (Wildman–Crippen LogP) is 7.16. The summed E-state index contributed by atoms with van der Waals surface area (Å²) >= 11 is 0. The number of ether oxygens (including phenoxy) is 1. The van der Waals surface area contributed by atoms with Crippen molar-refractivity contribution in [2.24, 2.45) is 0 Å². The maximum Gasteiger partial charge on any atom is 0.500 e. The smallest absolute Gasteiger partial charge is 0.494 e. The van der Waals surface area contributed by atoms with Crippen molar-refractivity contribution in [1.82, 2.24) is 0 Å². The second kappa shape index (κ2) is 13.7. The Balaban J connectivity index is 1.51. The van der Waals surface area contributed by atoms with E-state index < -0.39 is 8.80 Å². The van der Waals surface area contributed by atoms with Crippen LogP contribution < -0.4 is 4.74 Å². The second-order valence-corrected chi connectivity index (χ2v) is 11.1. The summed E-state index contributed by atoms with van der Waals surface area (Å²) in [4.78, 5) is 0. The van der Waals surface area contributed by atoms with E-state index in [4.69, 9.17) is 18.0 Å². The van der Waals surface area contributed by atoms with Gasteiger partial charge in [0.05, 0.1) is 6.61 Å². The molecule has 2 aromatic rings. The maximum absolute atomic E-state index is 6.12. The highest BCUT2D eigenvalue weighted by Crippen LogP contribution is 2.31. The molecule has 1 aliphatic rings. The van der Waals surface area contributed by atoms with Gasteiger partial charge in [-0.05, 0) is 87.3 Å². The standard InChI is InChI=1S/C28H40O4Si/c1-4-30-33(31-5-2,32-6-3)21-12-8-11-20-29-28-19-18-25-16-13-17-26(22-27(25)23-28)24-14-9-7-10-15-24/h7,9-10,14-15,18-19,22-23H,4-6,8,11-13,16-17,20-21H2,1-3H3. The molecule has 0 aromatic heterocycles. The van der Waals surface area contributed by atoms with Gasteiger partial charge in [-0.2, -0.15) is 0 Å². The Morgan fingerprint density at radius 3 is 2.21 bits per heavy atom. The van der Waals surface area contributed by atoms with Gasteiger partial charge in [-0.25, -0.2) is 0 Å². The molecule has 5 heteroatoms. The van der Waals surface area contributed by atoms with Crippen LogP contribution in [0.1, 0.15) is 69.6 Å². The molecule has 0 fully saturated rings. The number of allylic oxidation sites excluding steroid dienone is 1. The molecule has 0 saturated heterocycles. The van der Waals surface area contributed by atoms with E-state index in [9.17, 15) is 0 Å². The Morgan fingerprint density at radius 1 is 0.788 bits per heavy atom. The molecule has 0 aliphatic heterocycles. The summed E-state index contributed by atoms with van der Waals surface area (Å²) in [5, 5.41) is 0. The van der Waals surface area contributed by atoms with E-state index in [-0.39, 0.29) is 0 Å². The predicted molar refractivity (Wildman–Crippen MR) is 138 cm³/mol. The van der Waals surface area contributed by atoms with Crippen molar-refractivity contribution in [3.8, 4) is 5.75 Å². The van der Waals surface area contributed by atoms with Crippen LogP contribution >= 0.6 is 0 Å². The molecule has 0 bridgehead atoms. The Labute approximate surface area is 201 Å². The van der Waals surface area contributed by atoms with Gasteiger partial charge in [-0.15, -0.1) is 0 Å². The van der Waals surface area contributed by atoms with Gasteiger partial charge in [-0.3, -0.25) is 0 Å². The molecule has 0 atom stereocenters. The highest BCUT2D eigenvalue weighted by Gasteiger charge is 2.39. The SMILES string of the molecule is CCO[Si](CCCCCOc1ccc2c(c1)C=C(c1ccccc1)CCC2)(OCC)OCC. The molecule has 3 rings (SSSR count). The number of hydrogen-bond donors (Lipinski definition) is 0. The summed E-state index contributed by atoms with van der Waals surface area (Å²) in [6.45, 7) is 8.64. The molecule has 0 spiro atoms. The lowest BCUT2D eigenvalue weighted by atomic mass is 10.0. The molecular formula is C28H40O4Si. The fourth-order valence-electron chi connectivity index (χ4n) is 4.45. The lowest BCUT2D eigenvalue weighted by molar-refractivity contribution is 0.0705. The van der Waals surface area contributed by atoms with Crippen LogP contribution in [-0.2, 0) is 19.7 Å². The van der Waals surface area contributed by atoms with Gasteiger partial charge in [0.2, 0.25) is 0 Å². The highest BCUT2D eigenvalue weighted by atomic mass is 28.4. The number of hydrogen-bond acceptors (Lipinski definition) is 4. The van der Waals surface area contributed by atoms with E-state index in [1.165, 1.54) is 28.7 Å². The van der Waals surface area contributed by atoms with Crippen LogP contribution in [0.15, 0.2) is 48.5 Å². The van der Waals surface area contributed by atoms with Gasteiger partial charge in [0.1, 0.15) is 5.75 Å². The molecule has 0 saturated carbocycles. The molecular weight excluding hydrogens is 428 g/mol. The minimum Gasteiger partial charge on any atom is -0.494 e. The van der Waals surface area contributed by atoms with Gasteiger partial charge in [0, 0.05) is 25.9 Å². The molecule has 33 heavy (non-hydrogen) atoms. The molecule has 180 valence electrons. The number of benzene rings is 2. The first-order valence-electron chi connectivity index (χ1n) is 12.6. The van der Waals surface area contributed by atoms with Crippen molar-refractivity contribution in [2.75, 3.05) is 26.4 Å². The third-order valence-electron chi connectivity index (χ3n) is 5.97. The monoisotopic (exact) mass is 468 g/mol. The van der Waals surface area contributed by atoms with E-state index in [0.29, 0.717) is 19.8 Å². The normalized spacial score (nSPS) is 13.8. The lowest BCUT2D eigenvalue weighted by Crippen LogP contribution is -2.45. The maximum atomic E-state index is 6.12. The molecule has 4 nitrogen and oxygen atoms in total. The zero-order valence-electron chi connectivity index (χ0n) is 20.6. The Morgan fingerprint density at radius 2 is 1.52 bits per heavy atom. The van der Waals surface area contributed by atoms with Crippen LogP contribution in [-0.4, -0.2) is 35.2 Å². The van der Waals surface area contributed by atoms with Crippen LogP contribution in [0.4, 0.5) is 0 Å². The first kappa shape index (κ1) is 25.7. The largest absolute Gasteiger partial charge is 0.500 e. The van der Waals surface area contributed by atoms with E-state index in [1.54, 1.807) is 0 Å². The number of unbranched alkanes of at least 4 members (excludes halogenated alkanes) is 2. The first-order chi connectivity index (χ1) is 16.2. The van der Waals surface area contributed by atoms with Gasteiger partial charge in [0.25, 0.3) is 0 Å². The van der Waals surface area contributed by atoms with E-state index in [1.807, 2.05) is 20.8 Å². The number of fused-ring (bicyclic) bond motifs is 1. The molecule has 0 radical (unpaired) electrons. The summed E-state index contributed by atoms with van der Waals surface area (Å²) in [7, 11) is -2.52. The summed E-state index contributed by atoms with van der Waals surface area (Å²) < 4.78 is 24.0. The molecule has 0 unspecified atom stereocenters. The minimum atomic E-state index is -2.52. The zero-order chi connectivity index (χ0) is 23.4.